The van der Waals surface area contributed by atoms with Crippen molar-refractivity contribution in [3.05, 3.63) is 10.9 Å². The van der Waals surface area contributed by atoms with Gasteiger partial charge in [-0.15, -0.1) is 11.3 Å². The molecule has 0 saturated carbocycles. The molecule has 5 nitrogen and oxygen atoms in total. The maximum Gasteiger partial charge on any atom is 0.263 e. The Morgan fingerprint density at radius 1 is 1.30 bits per heavy atom. The Balaban J connectivity index is 2.50. The van der Waals surface area contributed by atoms with Gasteiger partial charge in [0.2, 0.25) is 0 Å². The maximum absolute atomic E-state index is 11.9. The van der Waals surface area contributed by atoms with Gasteiger partial charge < -0.3 is 21.3 Å². The number of nitrogens with two attached hydrogens (primary N) is 1. The monoisotopic (exact) mass is 298 g/mol. The maximum atomic E-state index is 11.9. The molecule has 6 heteroatoms. The van der Waals surface area contributed by atoms with Gasteiger partial charge in [0.1, 0.15) is 4.88 Å². The SMILES string of the molecule is CCCNC(=O)c1sc(NCCN(CC)CC)cc1N. The Morgan fingerprint density at radius 2 is 2.00 bits per heavy atom. The summed E-state index contributed by atoms with van der Waals surface area (Å²) in [4.78, 5) is 14.8. The molecule has 114 valence electrons. The van der Waals surface area contributed by atoms with E-state index < -0.39 is 0 Å². The summed E-state index contributed by atoms with van der Waals surface area (Å²) in [6, 6.07) is 1.84. The van der Waals surface area contributed by atoms with Crippen molar-refractivity contribution < 1.29 is 4.79 Å². The van der Waals surface area contributed by atoms with E-state index in [0.717, 1.165) is 37.6 Å². The van der Waals surface area contributed by atoms with Gasteiger partial charge >= 0.3 is 0 Å². The van der Waals surface area contributed by atoms with E-state index in [0.29, 0.717) is 17.1 Å². The summed E-state index contributed by atoms with van der Waals surface area (Å²) in [5.74, 6) is -0.0776. The Morgan fingerprint density at radius 3 is 2.60 bits per heavy atom. The van der Waals surface area contributed by atoms with Gasteiger partial charge in [0.25, 0.3) is 5.91 Å². The highest BCUT2D eigenvalue weighted by atomic mass is 32.1. The van der Waals surface area contributed by atoms with Gasteiger partial charge in [-0.2, -0.15) is 0 Å². The van der Waals surface area contributed by atoms with Crippen LogP contribution in [0.25, 0.3) is 0 Å². The molecule has 1 amide bonds. The Hall–Kier alpha value is -1.27. The van der Waals surface area contributed by atoms with Gasteiger partial charge in [-0.3, -0.25) is 4.79 Å². The van der Waals surface area contributed by atoms with E-state index in [4.69, 9.17) is 5.73 Å². The highest BCUT2D eigenvalue weighted by Crippen LogP contribution is 2.28. The Bertz CT molecular complexity index is 415. The van der Waals surface area contributed by atoms with Crippen molar-refractivity contribution in [1.29, 1.82) is 0 Å². The molecule has 20 heavy (non-hydrogen) atoms. The number of anilines is 2. The summed E-state index contributed by atoms with van der Waals surface area (Å²) in [6.45, 7) is 11.0. The average molecular weight is 298 g/mol. The van der Waals surface area contributed by atoms with E-state index in [-0.39, 0.29) is 5.91 Å². The van der Waals surface area contributed by atoms with Crippen LogP contribution in [0.15, 0.2) is 6.07 Å². The molecule has 1 aromatic heterocycles. The molecule has 0 aliphatic rings. The van der Waals surface area contributed by atoms with Gasteiger partial charge in [-0.25, -0.2) is 0 Å². The quantitative estimate of drug-likeness (QED) is 0.654. The first kappa shape index (κ1) is 16.8. The second-order valence-corrected chi connectivity index (χ2v) is 5.66. The summed E-state index contributed by atoms with van der Waals surface area (Å²) in [5, 5.41) is 7.14. The second kappa shape index (κ2) is 8.81. The predicted molar refractivity (Wildman–Crippen MR) is 87.6 cm³/mol. The molecule has 0 atom stereocenters. The molecule has 0 spiro atoms. The minimum Gasteiger partial charge on any atom is -0.397 e. The topological polar surface area (TPSA) is 70.4 Å². The molecular formula is C14H26N4OS. The molecule has 0 aliphatic carbocycles. The van der Waals surface area contributed by atoms with E-state index >= 15 is 0 Å². The standard InChI is InChI=1S/C14H26N4OS/c1-4-7-17-14(19)13-11(15)10-12(20-13)16-8-9-18(5-2)6-3/h10,16H,4-9,15H2,1-3H3,(H,17,19). The average Bonchev–Trinajstić information content (AvgIpc) is 2.82. The molecule has 0 unspecified atom stereocenters. The highest BCUT2D eigenvalue weighted by Gasteiger charge is 2.13. The minimum absolute atomic E-state index is 0.0776. The van der Waals surface area contributed by atoms with Crippen molar-refractivity contribution in [3.8, 4) is 0 Å². The number of nitrogen functional groups attached to an aromatic ring is 1. The molecule has 0 bridgehead atoms. The predicted octanol–water partition coefficient (Wildman–Crippen LogP) is 2.22. The zero-order chi connectivity index (χ0) is 15.0. The second-order valence-electron chi connectivity index (χ2n) is 4.60. The molecule has 1 rings (SSSR count). The van der Waals surface area contributed by atoms with Gasteiger partial charge in [0, 0.05) is 19.6 Å². The first-order valence-electron chi connectivity index (χ1n) is 7.26. The van der Waals surface area contributed by atoms with E-state index in [2.05, 4.69) is 29.4 Å². The van der Waals surface area contributed by atoms with Gasteiger partial charge in [-0.1, -0.05) is 20.8 Å². The third kappa shape index (κ3) is 5.02. The molecule has 0 fully saturated rings. The van der Waals surface area contributed by atoms with Crippen LogP contribution in [0.4, 0.5) is 10.7 Å². The van der Waals surface area contributed by atoms with Gasteiger partial charge in [0.05, 0.1) is 10.7 Å². The zero-order valence-electron chi connectivity index (χ0n) is 12.7. The van der Waals surface area contributed by atoms with Crippen LogP contribution < -0.4 is 16.4 Å². The number of nitrogens with one attached hydrogen (secondary N) is 2. The summed E-state index contributed by atoms with van der Waals surface area (Å²) in [5.41, 5.74) is 6.45. The molecule has 0 aliphatic heterocycles. The van der Waals surface area contributed by atoms with Crippen LogP contribution in [0.3, 0.4) is 0 Å². The molecule has 0 saturated heterocycles. The molecule has 1 aromatic rings. The summed E-state index contributed by atoms with van der Waals surface area (Å²) in [6.07, 6.45) is 0.923. The van der Waals surface area contributed by atoms with E-state index in [1.165, 1.54) is 11.3 Å². The van der Waals surface area contributed by atoms with Gasteiger partial charge in [-0.05, 0) is 25.6 Å². The first-order chi connectivity index (χ1) is 9.62. The van der Waals surface area contributed by atoms with Crippen molar-refractivity contribution in [2.75, 3.05) is 43.8 Å². The number of carbonyl (C=O) groups excluding carboxylic acids is 1. The Labute approximate surface area is 125 Å². The minimum atomic E-state index is -0.0776. The molecule has 0 aromatic carbocycles. The normalized spacial score (nSPS) is 10.8. The molecule has 4 N–H and O–H groups in total. The molecular weight excluding hydrogens is 272 g/mol. The fourth-order valence-electron chi connectivity index (χ4n) is 1.87. The third-order valence-corrected chi connectivity index (χ3v) is 4.23. The third-order valence-electron chi connectivity index (χ3n) is 3.12. The van der Waals surface area contributed by atoms with Gasteiger partial charge in [0.15, 0.2) is 0 Å². The van der Waals surface area contributed by atoms with Crippen LogP contribution in [0, 0.1) is 0 Å². The number of hydrogen-bond acceptors (Lipinski definition) is 5. The number of carbonyl (C=O) groups is 1. The van der Waals surface area contributed by atoms with Crippen LogP contribution in [-0.2, 0) is 0 Å². The summed E-state index contributed by atoms with van der Waals surface area (Å²) in [7, 11) is 0. The van der Waals surface area contributed by atoms with Crippen LogP contribution in [-0.4, -0.2) is 43.5 Å². The highest BCUT2D eigenvalue weighted by molar-refractivity contribution is 7.18. The van der Waals surface area contributed by atoms with E-state index in [1.54, 1.807) is 0 Å². The number of amides is 1. The van der Waals surface area contributed by atoms with Crippen LogP contribution in [0.1, 0.15) is 36.9 Å². The van der Waals surface area contributed by atoms with Crippen molar-refractivity contribution in [3.63, 3.8) is 0 Å². The Kier molecular flexibility index (Phi) is 7.40. The van der Waals surface area contributed by atoms with Crippen LogP contribution in [0.5, 0.6) is 0 Å². The van der Waals surface area contributed by atoms with Crippen molar-refractivity contribution in [2.45, 2.75) is 27.2 Å². The van der Waals surface area contributed by atoms with Crippen LogP contribution in [0.2, 0.25) is 0 Å². The summed E-state index contributed by atoms with van der Waals surface area (Å²) < 4.78 is 0. The number of likely N-dealkylation sites (N-methyl/N-ethyl adjacent to an activating group) is 1. The van der Waals surface area contributed by atoms with E-state index in [9.17, 15) is 4.79 Å². The lowest BCUT2D eigenvalue weighted by molar-refractivity contribution is 0.0958. The molecule has 0 radical (unpaired) electrons. The van der Waals surface area contributed by atoms with Crippen molar-refractivity contribution >= 4 is 27.9 Å². The largest absolute Gasteiger partial charge is 0.397 e. The van der Waals surface area contributed by atoms with E-state index in [1.807, 2.05) is 13.0 Å². The van der Waals surface area contributed by atoms with Crippen molar-refractivity contribution in [2.24, 2.45) is 0 Å². The first-order valence-corrected chi connectivity index (χ1v) is 8.07. The number of hydrogen-bond donors (Lipinski definition) is 3. The number of rotatable bonds is 9. The molecule has 1 heterocycles. The van der Waals surface area contributed by atoms with Crippen LogP contribution >= 0.6 is 11.3 Å². The number of thiophene rings is 1. The lowest BCUT2D eigenvalue weighted by Gasteiger charge is -2.17. The van der Waals surface area contributed by atoms with Crippen molar-refractivity contribution in [1.82, 2.24) is 10.2 Å². The fraction of sp³-hybridized carbons (Fsp3) is 0.643. The summed E-state index contributed by atoms with van der Waals surface area (Å²) >= 11 is 1.42. The smallest absolute Gasteiger partial charge is 0.263 e. The lowest BCUT2D eigenvalue weighted by Crippen LogP contribution is -2.28. The number of nitrogens with zero attached hydrogens (tertiary/aromatic N) is 1. The fourth-order valence-corrected chi connectivity index (χ4v) is 2.79. The zero-order valence-corrected chi connectivity index (χ0v) is 13.5. The lowest BCUT2D eigenvalue weighted by atomic mass is 10.3.